The van der Waals surface area contributed by atoms with E-state index in [-0.39, 0.29) is 29.1 Å². The van der Waals surface area contributed by atoms with Crippen molar-refractivity contribution in [3.05, 3.63) is 65.5 Å². The van der Waals surface area contributed by atoms with Gasteiger partial charge in [0.05, 0.1) is 24.8 Å². The van der Waals surface area contributed by atoms with E-state index in [0.717, 1.165) is 18.7 Å². The van der Waals surface area contributed by atoms with Crippen molar-refractivity contribution >= 4 is 5.91 Å². The third kappa shape index (κ3) is 4.35. The number of morpholine rings is 1. The largest absolute Gasteiger partial charge is 0.507 e. The van der Waals surface area contributed by atoms with Gasteiger partial charge in [-0.25, -0.2) is 4.39 Å². The Morgan fingerprint density at radius 1 is 1.16 bits per heavy atom. The zero-order valence-corrected chi connectivity index (χ0v) is 13.8. The van der Waals surface area contributed by atoms with E-state index in [1.807, 2.05) is 0 Å². The molecule has 6 heteroatoms. The lowest BCUT2D eigenvalue weighted by Crippen LogP contribution is -2.43. The van der Waals surface area contributed by atoms with Gasteiger partial charge in [-0.05, 0) is 29.8 Å². The van der Waals surface area contributed by atoms with Gasteiger partial charge in [0, 0.05) is 19.6 Å². The summed E-state index contributed by atoms with van der Waals surface area (Å²) in [5.41, 5.74) is 1.17. The minimum absolute atomic E-state index is 0.0512. The highest BCUT2D eigenvalue weighted by Crippen LogP contribution is 2.22. The highest BCUT2D eigenvalue weighted by atomic mass is 19.1. The first-order valence-electron chi connectivity index (χ1n) is 8.28. The van der Waals surface area contributed by atoms with E-state index in [1.54, 1.807) is 30.3 Å². The molecule has 0 aliphatic carbocycles. The summed E-state index contributed by atoms with van der Waals surface area (Å²) in [6.45, 7) is 3.11. The average Bonchev–Trinajstić information content (AvgIpc) is 2.64. The van der Waals surface area contributed by atoms with Crippen molar-refractivity contribution in [2.45, 2.75) is 6.04 Å². The Kier molecular flexibility index (Phi) is 5.63. The monoisotopic (exact) mass is 344 g/mol. The average molecular weight is 344 g/mol. The van der Waals surface area contributed by atoms with Crippen LogP contribution in [0.2, 0.25) is 0 Å². The van der Waals surface area contributed by atoms with Gasteiger partial charge in [-0.3, -0.25) is 9.69 Å². The maximum Gasteiger partial charge on any atom is 0.255 e. The van der Waals surface area contributed by atoms with Crippen molar-refractivity contribution in [2.75, 3.05) is 32.8 Å². The summed E-state index contributed by atoms with van der Waals surface area (Å²) in [6, 6.07) is 12.7. The minimum atomic E-state index is -0.335. The van der Waals surface area contributed by atoms with Crippen LogP contribution in [0.4, 0.5) is 4.39 Å². The Hall–Kier alpha value is -2.44. The molecule has 0 radical (unpaired) electrons. The number of amides is 1. The molecule has 1 atom stereocenters. The van der Waals surface area contributed by atoms with Crippen LogP contribution in [-0.4, -0.2) is 48.8 Å². The number of ether oxygens (including phenoxy) is 1. The van der Waals surface area contributed by atoms with Crippen LogP contribution in [0.1, 0.15) is 22.0 Å². The smallest absolute Gasteiger partial charge is 0.255 e. The van der Waals surface area contributed by atoms with Crippen LogP contribution in [0.15, 0.2) is 48.5 Å². The van der Waals surface area contributed by atoms with Gasteiger partial charge in [-0.1, -0.05) is 24.3 Å². The summed E-state index contributed by atoms with van der Waals surface area (Å²) in [5, 5.41) is 12.7. The third-order valence-corrected chi connectivity index (χ3v) is 4.35. The van der Waals surface area contributed by atoms with Gasteiger partial charge < -0.3 is 15.2 Å². The molecule has 132 valence electrons. The Balaban J connectivity index is 1.74. The first-order valence-corrected chi connectivity index (χ1v) is 8.28. The van der Waals surface area contributed by atoms with Crippen LogP contribution >= 0.6 is 0 Å². The molecule has 1 unspecified atom stereocenters. The van der Waals surface area contributed by atoms with E-state index in [9.17, 15) is 14.3 Å². The number of rotatable bonds is 5. The molecule has 1 fully saturated rings. The number of aromatic hydroxyl groups is 1. The summed E-state index contributed by atoms with van der Waals surface area (Å²) in [6.07, 6.45) is 0. The maximum absolute atomic E-state index is 13.2. The number of nitrogens with zero attached hydrogens (tertiary/aromatic N) is 1. The van der Waals surface area contributed by atoms with E-state index in [1.165, 1.54) is 18.2 Å². The molecule has 1 aliphatic heterocycles. The zero-order chi connectivity index (χ0) is 17.6. The molecule has 0 aromatic heterocycles. The molecular weight excluding hydrogens is 323 g/mol. The molecule has 5 nitrogen and oxygen atoms in total. The van der Waals surface area contributed by atoms with Crippen molar-refractivity contribution < 1.29 is 19.0 Å². The van der Waals surface area contributed by atoms with E-state index in [4.69, 9.17) is 4.74 Å². The molecule has 2 aromatic rings. The first-order chi connectivity index (χ1) is 12.1. The Morgan fingerprint density at radius 3 is 2.52 bits per heavy atom. The summed E-state index contributed by atoms with van der Waals surface area (Å²) >= 11 is 0. The molecule has 1 heterocycles. The zero-order valence-electron chi connectivity index (χ0n) is 13.8. The van der Waals surface area contributed by atoms with Crippen LogP contribution in [0, 0.1) is 5.82 Å². The van der Waals surface area contributed by atoms with Crippen LogP contribution in [0.25, 0.3) is 0 Å². The van der Waals surface area contributed by atoms with Gasteiger partial charge in [-0.15, -0.1) is 0 Å². The lowest BCUT2D eigenvalue weighted by molar-refractivity contribution is 0.0162. The summed E-state index contributed by atoms with van der Waals surface area (Å²) in [4.78, 5) is 14.6. The first kappa shape index (κ1) is 17.4. The fourth-order valence-corrected chi connectivity index (χ4v) is 2.98. The second-order valence-electron chi connectivity index (χ2n) is 5.94. The summed E-state index contributed by atoms with van der Waals surface area (Å²) in [7, 11) is 0. The maximum atomic E-state index is 13.2. The highest BCUT2D eigenvalue weighted by molar-refractivity contribution is 5.96. The predicted molar refractivity (Wildman–Crippen MR) is 92.0 cm³/mol. The number of phenols is 1. The van der Waals surface area contributed by atoms with Gasteiger partial charge in [0.25, 0.3) is 5.91 Å². The van der Waals surface area contributed by atoms with Crippen LogP contribution in [0.5, 0.6) is 5.75 Å². The van der Waals surface area contributed by atoms with Crippen LogP contribution < -0.4 is 5.32 Å². The molecule has 2 N–H and O–H groups in total. The topological polar surface area (TPSA) is 61.8 Å². The number of hydrogen-bond donors (Lipinski definition) is 2. The second kappa shape index (κ2) is 8.09. The number of carbonyl (C=O) groups is 1. The van der Waals surface area contributed by atoms with Crippen molar-refractivity contribution in [1.82, 2.24) is 10.2 Å². The number of phenolic OH excluding ortho intramolecular Hbond substituents is 1. The lowest BCUT2D eigenvalue weighted by Gasteiger charge is -2.35. The van der Waals surface area contributed by atoms with Gasteiger partial charge >= 0.3 is 0 Å². The van der Waals surface area contributed by atoms with Gasteiger partial charge in [0.1, 0.15) is 11.6 Å². The number of carbonyl (C=O) groups excluding carboxylic acids is 1. The van der Waals surface area contributed by atoms with Gasteiger partial charge in [-0.2, -0.15) is 0 Å². The molecule has 3 rings (SSSR count). The van der Waals surface area contributed by atoms with E-state index in [2.05, 4.69) is 10.2 Å². The number of benzene rings is 2. The van der Waals surface area contributed by atoms with Gasteiger partial charge in [0.15, 0.2) is 0 Å². The number of nitrogens with one attached hydrogen (secondary N) is 1. The standard InChI is InChI=1S/C19H21FN2O3/c20-15-7-5-14(6-8-15)17(22-9-11-25-12-10-22)13-21-19(24)16-3-1-2-4-18(16)23/h1-8,17,23H,9-13H2,(H,21,24). The minimum Gasteiger partial charge on any atom is -0.507 e. The normalized spacial score (nSPS) is 16.4. The number of halogens is 1. The van der Waals surface area contributed by atoms with E-state index < -0.39 is 0 Å². The molecule has 0 bridgehead atoms. The summed E-state index contributed by atoms with van der Waals surface area (Å²) in [5.74, 6) is -0.675. The Labute approximate surface area is 146 Å². The predicted octanol–water partition coefficient (Wildman–Crippen LogP) is 2.33. The van der Waals surface area contributed by atoms with Crippen molar-refractivity contribution in [3.63, 3.8) is 0 Å². The number of para-hydroxylation sites is 1. The molecule has 1 saturated heterocycles. The highest BCUT2D eigenvalue weighted by Gasteiger charge is 2.23. The molecule has 0 saturated carbocycles. The van der Waals surface area contributed by atoms with E-state index >= 15 is 0 Å². The van der Waals surface area contributed by atoms with Crippen LogP contribution in [0.3, 0.4) is 0 Å². The van der Waals surface area contributed by atoms with Crippen molar-refractivity contribution in [3.8, 4) is 5.75 Å². The fraction of sp³-hybridized carbons (Fsp3) is 0.316. The summed E-state index contributed by atoms with van der Waals surface area (Å²) < 4.78 is 18.6. The third-order valence-electron chi connectivity index (χ3n) is 4.35. The second-order valence-corrected chi connectivity index (χ2v) is 5.94. The molecule has 25 heavy (non-hydrogen) atoms. The fourth-order valence-electron chi connectivity index (χ4n) is 2.98. The Morgan fingerprint density at radius 2 is 1.84 bits per heavy atom. The van der Waals surface area contributed by atoms with Crippen LogP contribution in [-0.2, 0) is 4.74 Å². The quantitative estimate of drug-likeness (QED) is 0.874. The lowest BCUT2D eigenvalue weighted by atomic mass is 10.0. The van der Waals surface area contributed by atoms with E-state index in [0.29, 0.717) is 19.8 Å². The molecule has 1 aliphatic rings. The molecule has 0 spiro atoms. The van der Waals surface area contributed by atoms with Gasteiger partial charge in [0.2, 0.25) is 0 Å². The Bertz CT molecular complexity index is 715. The van der Waals surface area contributed by atoms with Crippen molar-refractivity contribution in [2.24, 2.45) is 0 Å². The molecular formula is C19H21FN2O3. The SMILES string of the molecule is O=C(NCC(c1ccc(F)cc1)N1CCOCC1)c1ccccc1O. The molecule has 1 amide bonds. The van der Waals surface area contributed by atoms with Crippen molar-refractivity contribution in [1.29, 1.82) is 0 Å². The molecule has 2 aromatic carbocycles. The number of hydrogen-bond acceptors (Lipinski definition) is 4.